The number of nitrogens with one attached hydrogen (secondary N) is 2. The molecule has 0 aromatic heterocycles. The van der Waals surface area contributed by atoms with Crippen molar-refractivity contribution in [2.75, 3.05) is 13.2 Å². The quantitative estimate of drug-likeness (QED) is 0.319. The van der Waals surface area contributed by atoms with E-state index in [2.05, 4.69) is 23.8 Å². The molecular formula is C23H32N2O5. The van der Waals surface area contributed by atoms with E-state index >= 15 is 0 Å². The first-order chi connectivity index (χ1) is 14.4. The SMILES string of the molecule is C=CCCC(=O)OCC(NC(=O)C(CC=C)CC(=O)NC(C)CO)c1ccccc1. The first-order valence-electron chi connectivity index (χ1n) is 10.0. The van der Waals surface area contributed by atoms with E-state index in [1.54, 1.807) is 19.1 Å². The Bertz CT molecular complexity index is 705. The normalized spacial score (nSPS) is 13.4. The monoisotopic (exact) mass is 416 g/mol. The molecule has 164 valence electrons. The maximum atomic E-state index is 12.9. The number of hydrogen-bond donors (Lipinski definition) is 3. The summed E-state index contributed by atoms with van der Waals surface area (Å²) in [5.41, 5.74) is 0.790. The minimum Gasteiger partial charge on any atom is -0.463 e. The number of carbonyl (C=O) groups is 3. The maximum absolute atomic E-state index is 12.9. The Labute approximate surface area is 178 Å². The molecule has 30 heavy (non-hydrogen) atoms. The molecule has 0 radical (unpaired) electrons. The molecule has 0 saturated heterocycles. The van der Waals surface area contributed by atoms with Crippen molar-refractivity contribution >= 4 is 17.8 Å². The summed E-state index contributed by atoms with van der Waals surface area (Å²) in [5.74, 6) is -1.66. The molecule has 1 aromatic carbocycles. The predicted octanol–water partition coefficient (Wildman–Crippen LogP) is 2.43. The van der Waals surface area contributed by atoms with Crippen molar-refractivity contribution in [1.29, 1.82) is 0 Å². The summed E-state index contributed by atoms with van der Waals surface area (Å²) in [6, 6.07) is 8.25. The van der Waals surface area contributed by atoms with Gasteiger partial charge in [-0.3, -0.25) is 14.4 Å². The molecule has 7 nitrogen and oxygen atoms in total. The Hall–Kier alpha value is -2.93. The van der Waals surface area contributed by atoms with Crippen molar-refractivity contribution in [3.05, 3.63) is 61.2 Å². The first kappa shape index (κ1) is 25.1. The Morgan fingerprint density at radius 3 is 2.43 bits per heavy atom. The number of aliphatic hydroxyl groups excluding tert-OH is 1. The number of carbonyl (C=O) groups excluding carboxylic acids is 3. The highest BCUT2D eigenvalue weighted by molar-refractivity contribution is 5.86. The largest absolute Gasteiger partial charge is 0.463 e. The number of esters is 1. The third-order valence-electron chi connectivity index (χ3n) is 4.42. The highest BCUT2D eigenvalue weighted by atomic mass is 16.5. The number of amides is 2. The molecule has 0 aliphatic rings. The Kier molecular flexibility index (Phi) is 11.8. The molecule has 3 N–H and O–H groups in total. The van der Waals surface area contributed by atoms with Crippen LogP contribution in [0, 0.1) is 5.92 Å². The van der Waals surface area contributed by atoms with E-state index in [1.807, 2.05) is 30.3 Å². The molecule has 1 aromatic rings. The molecule has 3 atom stereocenters. The van der Waals surface area contributed by atoms with E-state index in [4.69, 9.17) is 9.84 Å². The van der Waals surface area contributed by atoms with Crippen LogP contribution in [0.1, 0.15) is 44.2 Å². The van der Waals surface area contributed by atoms with Gasteiger partial charge in [-0.15, -0.1) is 13.2 Å². The summed E-state index contributed by atoms with van der Waals surface area (Å²) in [4.78, 5) is 36.9. The Balaban J connectivity index is 2.83. The molecule has 0 aliphatic carbocycles. The van der Waals surface area contributed by atoms with E-state index < -0.39 is 18.0 Å². The van der Waals surface area contributed by atoms with Crippen LogP contribution in [0.3, 0.4) is 0 Å². The zero-order valence-corrected chi connectivity index (χ0v) is 17.5. The number of aliphatic hydroxyl groups is 1. The lowest BCUT2D eigenvalue weighted by atomic mass is 9.98. The summed E-state index contributed by atoms with van der Waals surface area (Å²) in [6.07, 6.45) is 4.24. The van der Waals surface area contributed by atoms with Gasteiger partial charge in [0.25, 0.3) is 0 Å². The fourth-order valence-electron chi connectivity index (χ4n) is 2.75. The molecule has 0 bridgehead atoms. The summed E-state index contributed by atoms with van der Waals surface area (Å²) >= 11 is 0. The molecule has 0 aliphatic heterocycles. The van der Waals surface area contributed by atoms with Crippen molar-refractivity contribution in [2.24, 2.45) is 5.92 Å². The van der Waals surface area contributed by atoms with Crippen molar-refractivity contribution < 1.29 is 24.2 Å². The summed E-state index contributed by atoms with van der Waals surface area (Å²) < 4.78 is 5.32. The molecule has 0 heterocycles. The second-order valence-corrected chi connectivity index (χ2v) is 7.06. The van der Waals surface area contributed by atoms with E-state index in [0.717, 1.165) is 5.56 Å². The second-order valence-electron chi connectivity index (χ2n) is 7.06. The fraction of sp³-hybridized carbons (Fsp3) is 0.435. The molecule has 0 saturated carbocycles. The van der Waals surface area contributed by atoms with E-state index in [0.29, 0.717) is 12.8 Å². The minimum absolute atomic E-state index is 0.0136. The van der Waals surface area contributed by atoms with E-state index in [1.165, 1.54) is 0 Å². The van der Waals surface area contributed by atoms with Crippen LogP contribution < -0.4 is 10.6 Å². The van der Waals surface area contributed by atoms with Gasteiger partial charge in [-0.2, -0.15) is 0 Å². The molecule has 3 unspecified atom stereocenters. The molecule has 0 spiro atoms. The first-order valence-corrected chi connectivity index (χ1v) is 10.0. The number of ether oxygens (including phenoxy) is 1. The Morgan fingerprint density at radius 2 is 1.83 bits per heavy atom. The van der Waals surface area contributed by atoms with Crippen LogP contribution >= 0.6 is 0 Å². The van der Waals surface area contributed by atoms with Crippen molar-refractivity contribution in [3.8, 4) is 0 Å². The molecule has 2 amide bonds. The van der Waals surface area contributed by atoms with Gasteiger partial charge in [0, 0.05) is 18.9 Å². The van der Waals surface area contributed by atoms with Crippen LogP contribution in [0.25, 0.3) is 0 Å². The Morgan fingerprint density at radius 1 is 1.13 bits per heavy atom. The van der Waals surface area contributed by atoms with Crippen LogP contribution in [0.4, 0.5) is 0 Å². The smallest absolute Gasteiger partial charge is 0.306 e. The van der Waals surface area contributed by atoms with Crippen LogP contribution in [0.5, 0.6) is 0 Å². The highest BCUT2D eigenvalue weighted by Crippen LogP contribution is 2.17. The zero-order valence-electron chi connectivity index (χ0n) is 17.5. The van der Waals surface area contributed by atoms with Crippen LogP contribution in [0.15, 0.2) is 55.6 Å². The molecule has 0 fully saturated rings. The van der Waals surface area contributed by atoms with Gasteiger partial charge in [0.1, 0.15) is 6.61 Å². The lowest BCUT2D eigenvalue weighted by Gasteiger charge is -2.23. The van der Waals surface area contributed by atoms with Crippen LogP contribution in [-0.2, 0) is 19.1 Å². The predicted molar refractivity (Wildman–Crippen MR) is 115 cm³/mol. The number of hydrogen-bond acceptors (Lipinski definition) is 5. The summed E-state index contributed by atoms with van der Waals surface area (Å²) in [6.45, 7) is 8.72. The van der Waals surface area contributed by atoms with Crippen LogP contribution in [0.2, 0.25) is 0 Å². The van der Waals surface area contributed by atoms with Gasteiger partial charge in [0.2, 0.25) is 11.8 Å². The summed E-state index contributed by atoms with van der Waals surface area (Å²) in [7, 11) is 0. The highest BCUT2D eigenvalue weighted by Gasteiger charge is 2.25. The van der Waals surface area contributed by atoms with Gasteiger partial charge in [-0.05, 0) is 25.3 Å². The fourth-order valence-corrected chi connectivity index (χ4v) is 2.75. The maximum Gasteiger partial charge on any atom is 0.306 e. The third-order valence-corrected chi connectivity index (χ3v) is 4.42. The topological polar surface area (TPSA) is 105 Å². The van der Waals surface area contributed by atoms with Gasteiger partial charge in [-0.25, -0.2) is 0 Å². The van der Waals surface area contributed by atoms with Gasteiger partial charge < -0.3 is 20.5 Å². The molecule has 1 rings (SSSR count). The standard InChI is InChI=1S/C23H32N2O5/c1-4-6-13-22(28)30-16-20(18-11-8-7-9-12-18)25-23(29)19(10-5-2)14-21(27)24-17(3)15-26/h4-5,7-9,11-12,17,19-20,26H,1-2,6,10,13-16H2,3H3,(H,24,27)(H,25,29). The van der Waals surface area contributed by atoms with Crippen molar-refractivity contribution in [3.63, 3.8) is 0 Å². The van der Waals surface area contributed by atoms with Crippen molar-refractivity contribution in [2.45, 2.75) is 44.7 Å². The zero-order chi connectivity index (χ0) is 22.4. The lowest BCUT2D eigenvalue weighted by molar-refractivity contribution is -0.145. The number of benzene rings is 1. The van der Waals surface area contributed by atoms with E-state index in [9.17, 15) is 14.4 Å². The lowest BCUT2D eigenvalue weighted by Crippen LogP contribution is -2.40. The average Bonchev–Trinajstić information content (AvgIpc) is 2.75. The second kappa shape index (κ2) is 14.1. The minimum atomic E-state index is -0.629. The van der Waals surface area contributed by atoms with Crippen LogP contribution in [-0.4, -0.2) is 42.1 Å². The molecule has 7 heteroatoms. The van der Waals surface area contributed by atoms with Crippen molar-refractivity contribution in [1.82, 2.24) is 10.6 Å². The summed E-state index contributed by atoms with van der Waals surface area (Å²) in [5, 5.41) is 14.6. The third kappa shape index (κ3) is 9.52. The van der Waals surface area contributed by atoms with E-state index in [-0.39, 0.29) is 43.8 Å². The average molecular weight is 417 g/mol. The van der Waals surface area contributed by atoms with Gasteiger partial charge in [0.15, 0.2) is 0 Å². The molecular weight excluding hydrogens is 384 g/mol. The number of rotatable bonds is 14. The van der Waals surface area contributed by atoms with Gasteiger partial charge in [0.05, 0.1) is 18.6 Å². The van der Waals surface area contributed by atoms with Gasteiger partial charge >= 0.3 is 5.97 Å². The number of allylic oxidation sites excluding steroid dienone is 2. The van der Waals surface area contributed by atoms with Gasteiger partial charge in [-0.1, -0.05) is 42.5 Å².